The summed E-state index contributed by atoms with van der Waals surface area (Å²) in [7, 11) is 0. The Morgan fingerprint density at radius 1 is 1.27 bits per heavy atom. The third kappa shape index (κ3) is 4.25. The number of Topliss-reactive ketones (excluding diaryl/α,β-unsaturated/α-hetero) is 2. The fourth-order valence-electron chi connectivity index (χ4n) is 0.622. The van der Waals surface area contributed by atoms with E-state index in [0.29, 0.717) is 6.42 Å². The average Bonchev–Trinajstić information content (AvgIpc) is 1.87. The summed E-state index contributed by atoms with van der Waals surface area (Å²) in [6, 6.07) is 0. The number of carbonyl (C=O) groups is 3. The molecule has 0 bridgehead atoms. The van der Waals surface area contributed by atoms with Gasteiger partial charge in [0.05, 0.1) is 6.42 Å². The van der Waals surface area contributed by atoms with Crippen LogP contribution in [0.25, 0.3) is 0 Å². The van der Waals surface area contributed by atoms with Gasteiger partial charge >= 0.3 is 5.97 Å². The van der Waals surface area contributed by atoms with Crippen molar-refractivity contribution in [3.8, 4) is 0 Å². The Balaban J connectivity index is 3.76. The van der Waals surface area contributed by atoms with Crippen LogP contribution in [0.2, 0.25) is 0 Å². The Labute approximate surface area is 64.2 Å². The first-order valence-corrected chi connectivity index (χ1v) is 3.35. The lowest BCUT2D eigenvalue weighted by Crippen LogP contribution is -2.16. The smallest absolute Gasteiger partial charge is 0.372 e. The van der Waals surface area contributed by atoms with E-state index in [2.05, 4.69) is 0 Å². The van der Waals surface area contributed by atoms with E-state index in [0.717, 1.165) is 0 Å². The zero-order chi connectivity index (χ0) is 8.85. The quantitative estimate of drug-likeness (QED) is 0.464. The van der Waals surface area contributed by atoms with Gasteiger partial charge in [-0.05, 0) is 6.42 Å². The molecule has 11 heavy (non-hydrogen) atoms. The lowest BCUT2D eigenvalue weighted by molar-refractivity contribution is -0.150. The van der Waals surface area contributed by atoms with Crippen molar-refractivity contribution in [3.63, 3.8) is 0 Å². The number of carboxylic acids is 1. The van der Waals surface area contributed by atoms with Crippen molar-refractivity contribution >= 4 is 17.5 Å². The van der Waals surface area contributed by atoms with Crippen molar-refractivity contribution in [1.29, 1.82) is 0 Å². The number of ketones is 2. The Kier molecular flexibility index (Phi) is 4.10. The minimum absolute atomic E-state index is 0.277. The Morgan fingerprint density at radius 3 is 2.18 bits per heavy atom. The first-order valence-electron chi connectivity index (χ1n) is 3.35. The van der Waals surface area contributed by atoms with Crippen LogP contribution in [-0.2, 0) is 14.4 Å². The van der Waals surface area contributed by atoms with Gasteiger partial charge in [-0.1, -0.05) is 6.92 Å². The number of aliphatic carboxylic acids is 1. The first-order chi connectivity index (χ1) is 5.07. The molecule has 0 spiro atoms. The fourth-order valence-corrected chi connectivity index (χ4v) is 0.622. The van der Waals surface area contributed by atoms with Crippen LogP contribution in [0.1, 0.15) is 26.2 Å². The molecule has 0 aromatic heterocycles. The van der Waals surface area contributed by atoms with Gasteiger partial charge in [0.1, 0.15) is 5.78 Å². The second-order valence-corrected chi connectivity index (χ2v) is 2.19. The predicted octanol–water partition coefficient (Wildman–Crippen LogP) is 0.399. The maximum atomic E-state index is 10.7. The number of rotatable bonds is 5. The van der Waals surface area contributed by atoms with Crippen LogP contribution in [-0.4, -0.2) is 22.6 Å². The summed E-state index contributed by atoms with van der Waals surface area (Å²) in [5.74, 6) is -2.86. The van der Waals surface area contributed by atoms with Crippen LogP contribution in [0, 0.1) is 0 Å². The molecule has 0 heterocycles. The van der Waals surface area contributed by atoms with Crippen LogP contribution in [0.5, 0.6) is 0 Å². The molecule has 1 N–H and O–H groups in total. The van der Waals surface area contributed by atoms with Gasteiger partial charge in [-0.15, -0.1) is 0 Å². The van der Waals surface area contributed by atoms with E-state index in [4.69, 9.17) is 5.11 Å². The van der Waals surface area contributed by atoms with Gasteiger partial charge in [0.15, 0.2) is 0 Å². The lowest BCUT2D eigenvalue weighted by Gasteiger charge is -1.92. The number of carboxylic acid groups (broad SMARTS) is 1. The summed E-state index contributed by atoms with van der Waals surface area (Å²) in [6.45, 7) is 1.79. The predicted molar refractivity (Wildman–Crippen MR) is 37.2 cm³/mol. The molecule has 0 atom stereocenters. The molecule has 0 unspecified atom stereocenters. The highest BCUT2D eigenvalue weighted by molar-refractivity contribution is 6.36. The molecule has 0 fully saturated rings. The van der Waals surface area contributed by atoms with Gasteiger partial charge in [0, 0.05) is 6.42 Å². The van der Waals surface area contributed by atoms with E-state index in [9.17, 15) is 14.4 Å². The second-order valence-electron chi connectivity index (χ2n) is 2.19. The van der Waals surface area contributed by atoms with E-state index in [1.807, 2.05) is 0 Å². The summed E-state index contributed by atoms with van der Waals surface area (Å²) in [4.78, 5) is 31.0. The topological polar surface area (TPSA) is 71.4 Å². The van der Waals surface area contributed by atoms with Gasteiger partial charge in [-0.25, -0.2) is 4.79 Å². The van der Waals surface area contributed by atoms with E-state index in [1.54, 1.807) is 6.92 Å². The lowest BCUT2D eigenvalue weighted by atomic mass is 10.1. The summed E-state index contributed by atoms with van der Waals surface area (Å²) < 4.78 is 0. The standard InChI is InChI=1S/C7H10O4/c1-2-3-5(8)4-6(9)7(10)11/h2-4H2,1H3,(H,10,11). The molecule has 0 aromatic carbocycles. The highest BCUT2D eigenvalue weighted by Gasteiger charge is 2.14. The summed E-state index contributed by atoms with van der Waals surface area (Å²) in [5.41, 5.74) is 0. The molecule has 0 aromatic rings. The zero-order valence-corrected chi connectivity index (χ0v) is 6.29. The van der Waals surface area contributed by atoms with Crippen molar-refractivity contribution in [2.24, 2.45) is 0 Å². The maximum Gasteiger partial charge on any atom is 0.372 e. The zero-order valence-electron chi connectivity index (χ0n) is 6.29. The van der Waals surface area contributed by atoms with Crippen molar-refractivity contribution in [2.75, 3.05) is 0 Å². The second kappa shape index (κ2) is 4.60. The van der Waals surface area contributed by atoms with Crippen LogP contribution in [0.15, 0.2) is 0 Å². The van der Waals surface area contributed by atoms with Gasteiger partial charge in [-0.2, -0.15) is 0 Å². The molecule has 0 aliphatic heterocycles. The van der Waals surface area contributed by atoms with Gasteiger partial charge < -0.3 is 5.11 Å². The molecule has 0 radical (unpaired) electrons. The van der Waals surface area contributed by atoms with Crippen LogP contribution in [0.3, 0.4) is 0 Å². The van der Waals surface area contributed by atoms with Crippen LogP contribution >= 0.6 is 0 Å². The first kappa shape index (κ1) is 9.81. The Morgan fingerprint density at radius 2 is 1.82 bits per heavy atom. The molecule has 4 nitrogen and oxygen atoms in total. The summed E-state index contributed by atoms with van der Waals surface area (Å²) in [6.07, 6.45) is 0.452. The van der Waals surface area contributed by atoms with Crippen molar-refractivity contribution in [3.05, 3.63) is 0 Å². The highest BCUT2D eigenvalue weighted by Crippen LogP contribution is 1.94. The fraction of sp³-hybridized carbons (Fsp3) is 0.571. The summed E-state index contributed by atoms with van der Waals surface area (Å²) in [5, 5.41) is 8.10. The Bertz CT molecular complexity index is 183. The van der Waals surface area contributed by atoms with Crippen molar-refractivity contribution in [2.45, 2.75) is 26.2 Å². The van der Waals surface area contributed by atoms with E-state index < -0.39 is 18.2 Å². The molecule has 0 rings (SSSR count). The SMILES string of the molecule is CCCC(=O)CC(=O)C(=O)O. The molecule has 4 heteroatoms. The van der Waals surface area contributed by atoms with Crippen LogP contribution in [0.4, 0.5) is 0 Å². The molecule has 0 amide bonds. The number of hydrogen-bond acceptors (Lipinski definition) is 3. The molecule has 0 saturated carbocycles. The van der Waals surface area contributed by atoms with Crippen molar-refractivity contribution < 1.29 is 19.5 Å². The van der Waals surface area contributed by atoms with Crippen molar-refractivity contribution in [1.82, 2.24) is 0 Å². The molecule has 0 aliphatic carbocycles. The van der Waals surface area contributed by atoms with Gasteiger partial charge in [0.25, 0.3) is 0 Å². The third-order valence-electron chi connectivity index (χ3n) is 1.13. The number of carbonyl (C=O) groups excluding carboxylic acids is 2. The maximum absolute atomic E-state index is 10.7. The normalized spacial score (nSPS) is 9.18. The molecular formula is C7H10O4. The number of hydrogen-bond donors (Lipinski definition) is 1. The third-order valence-corrected chi connectivity index (χ3v) is 1.13. The van der Waals surface area contributed by atoms with Crippen LogP contribution < -0.4 is 0 Å². The monoisotopic (exact) mass is 158 g/mol. The van der Waals surface area contributed by atoms with Gasteiger partial charge in [-0.3, -0.25) is 9.59 Å². The minimum Gasteiger partial charge on any atom is -0.475 e. The molecule has 0 saturated heterocycles. The molecule has 62 valence electrons. The molecular weight excluding hydrogens is 148 g/mol. The Hall–Kier alpha value is -1.19. The highest BCUT2D eigenvalue weighted by atomic mass is 16.4. The van der Waals surface area contributed by atoms with E-state index >= 15 is 0 Å². The summed E-state index contributed by atoms with van der Waals surface area (Å²) >= 11 is 0. The molecule has 0 aliphatic rings. The average molecular weight is 158 g/mol. The van der Waals surface area contributed by atoms with E-state index in [-0.39, 0.29) is 12.2 Å². The van der Waals surface area contributed by atoms with Gasteiger partial charge in [0.2, 0.25) is 5.78 Å². The minimum atomic E-state index is -1.53. The van der Waals surface area contributed by atoms with E-state index in [1.165, 1.54) is 0 Å². The largest absolute Gasteiger partial charge is 0.475 e.